The van der Waals surface area contributed by atoms with E-state index in [2.05, 4.69) is 4.99 Å². The molecule has 0 unspecified atom stereocenters. The van der Waals surface area contributed by atoms with Crippen LogP contribution in [0.25, 0.3) is 0 Å². The van der Waals surface area contributed by atoms with E-state index in [9.17, 15) is 8.42 Å². The summed E-state index contributed by atoms with van der Waals surface area (Å²) in [5.41, 5.74) is 2.69. The van der Waals surface area contributed by atoms with Gasteiger partial charge in [-0.3, -0.25) is 4.99 Å². The Bertz CT molecular complexity index is 890. The van der Waals surface area contributed by atoms with E-state index in [1.165, 1.54) is 11.4 Å². The van der Waals surface area contributed by atoms with Crippen molar-refractivity contribution in [1.82, 2.24) is 4.31 Å². The van der Waals surface area contributed by atoms with Crippen LogP contribution in [0.5, 0.6) is 5.75 Å². The molecule has 1 aliphatic heterocycles. The maximum Gasteiger partial charge on any atom is 0.269 e. The minimum Gasteiger partial charge on any atom is -0.495 e. The number of aryl methyl sites for hydroxylation is 2. The number of rotatable bonds is 4. The maximum atomic E-state index is 13.2. The molecule has 0 aromatic heterocycles. The summed E-state index contributed by atoms with van der Waals surface area (Å²) >= 11 is 0. The van der Waals surface area contributed by atoms with Crippen molar-refractivity contribution in [3.05, 3.63) is 59.2 Å². The van der Waals surface area contributed by atoms with Gasteiger partial charge >= 0.3 is 0 Å². The number of benzene rings is 2. The topological polar surface area (TPSA) is 59.0 Å². The quantitative estimate of drug-likeness (QED) is 0.857. The van der Waals surface area contributed by atoms with Crippen LogP contribution in [-0.4, -0.2) is 38.8 Å². The molecule has 126 valence electrons. The summed E-state index contributed by atoms with van der Waals surface area (Å²) in [5.74, 6) is 0.841. The Morgan fingerprint density at radius 1 is 1.08 bits per heavy atom. The van der Waals surface area contributed by atoms with Gasteiger partial charge in [0.25, 0.3) is 10.0 Å². The number of aliphatic imine (C=N–C) groups is 1. The first-order chi connectivity index (χ1) is 11.4. The number of amidine groups is 1. The zero-order valence-corrected chi connectivity index (χ0v) is 14.8. The van der Waals surface area contributed by atoms with E-state index in [1.54, 1.807) is 12.1 Å². The Labute approximate surface area is 142 Å². The fourth-order valence-electron chi connectivity index (χ4n) is 2.73. The molecule has 0 spiro atoms. The third kappa shape index (κ3) is 2.78. The second-order valence-electron chi connectivity index (χ2n) is 5.74. The van der Waals surface area contributed by atoms with E-state index >= 15 is 0 Å². The fraction of sp³-hybridized carbons (Fsp3) is 0.278. The summed E-state index contributed by atoms with van der Waals surface area (Å²) in [5, 5.41) is 0. The second kappa shape index (κ2) is 6.28. The van der Waals surface area contributed by atoms with E-state index in [4.69, 9.17) is 4.74 Å². The summed E-state index contributed by atoms with van der Waals surface area (Å²) in [6, 6.07) is 12.8. The molecule has 5 nitrogen and oxygen atoms in total. The van der Waals surface area contributed by atoms with Gasteiger partial charge in [0.05, 0.1) is 20.2 Å². The lowest BCUT2D eigenvalue weighted by Gasteiger charge is -2.22. The van der Waals surface area contributed by atoms with Crippen LogP contribution in [0.1, 0.15) is 16.7 Å². The maximum absolute atomic E-state index is 13.2. The zero-order chi connectivity index (χ0) is 17.3. The Balaban J connectivity index is 2.09. The van der Waals surface area contributed by atoms with Gasteiger partial charge in [-0.25, -0.2) is 12.7 Å². The van der Waals surface area contributed by atoms with Crippen LogP contribution in [0.15, 0.2) is 52.4 Å². The van der Waals surface area contributed by atoms with Gasteiger partial charge in [0, 0.05) is 5.56 Å². The number of nitrogens with zero attached hydrogens (tertiary/aromatic N) is 2. The van der Waals surface area contributed by atoms with Crippen molar-refractivity contribution >= 4 is 15.9 Å². The van der Waals surface area contributed by atoms with E-state index in [-0.39, 0.29) is 4.90 Å². The highest BCUT2D eigenvalue weighted by Gasteiger charge is 2.33. The van der Waals surface area contributed by atoms with E-state index < -0.39 is 10.0 Å². The fourth-order valence-corrected chi connectivity index (χ4v) is 4.40. The molecular formula is C18H20N2O3S. The highest BCUT2D eigenvalue weighted by molar-refractivity contribution is 7.89. The van der Waals surface area contributed by atoms with Gasteiger partial charge in [0.2, 0.25) is 0 Å². The number of sulfonamides is 1. The Kier molecular flexibility index (Phi) is 4.32. The number of hydrogen-bond acceptors (Lipinski definition) is 4. The molecule has 1 heterocycles. The third-order valence-corrected chi connectivity index (χ3v) is 5.99. The predicted octanol–water partition coefficient (Wildman–Crippen LogP) is 2.76. The lowest BCUT2D eigenvalue weighted by Crippen LogP contribution is -2.35. The minimum atomic E-state index is -3.74. The molecule has 2 aromatic rings. The summed E-state index contributed by atoms with van der Waals surface area (Å²) in [6.45, 7) is 4.62. The van der Waals surface area contributed by atoms with E-state index in [0.717, 1.165) is 16.7 Å². The molecule has 24 heavy (non-hydrogen) atoms. The standard InChI is InChI=1S/C18H20N2O3S/c1-13-11-16(23-3)17(12-14(13)2)24(21,22)20-10-9-19-18(20)15-7-5-4-6-8-15/h4-8,11-12H,9-10H2,1-3H3. The summed E-state index contributed by atoms with van der Waals surface area (Å²) in [4.78, 5) is 4.58. The molecule has 1 aliphatic rings. The van der Waals surface area contributed by atoms with E-state index in [0.29, 0.717) is 24.7 Å². The van der Waals surface area contributed by atoms with Crippen LogP contribution in [0, 0.1) is 13.8 Å². The van der Waals surface area contributed by atoms with Crippen molar-refractivity contribution < 1.29 is 13.2 Å². The van der Waals surface area contributed by atoms with Crippen LogP contribution in [0.2, 0.25) is 0 Å². The van der Waals surface area contributed by atoms with Gasteiger partial charge in [0.15, 0.2) is 0 Å². The van der Waals surface area contributed by atoms with Gasteiger partial charge in [-0.05, 0) is 37.1 Å². The minimum absolute atomic E-state index is 0.179. The SMILES string of the molecule is COc1cc(C)c(C)cc1S(=O)(=O)N1CCN=C1c1ccccc1. The third-order valence-electron chi connectivity index (χ3n) is 4.18. The van der Waals surface area contributed by atoms with Crippen LogP contribution >= 0.6 is 0 Å². The normalized spacial score (nSPS) is 14.6. The lowest BCUT2D eigenvalue weighted by atomic mass is 10.1. The van der Waals surface area contributed by atoms with Crippen LogP contribution in [0.4, 0.5) is 0 Å². The molecule has 2 aromatic carbocycles. The molecule has 6 heteroatoms. The average Bonchev–Trinajstić information content (AvgIpc) is 3.08. The van der Waals surface area contributed by atoms with Crippen molar-refractivity contribution in [3.8, 4) is 5.75 Å². The first-order valence-electron chi connectivity index (χ1n) is 7.73. The van der Waals surface area contributed by atoms with Crippen LogP contribution in [-0.2, 0) is 10.0 Å². The molecular weight excluding hydrogens is 324 g/mol. The van der Waals surface area contributed by atoms with Gasteiger partial charge in [0.1, 0.15) is 16.5 Å². The molecule has 0 saturated heterocycles. The molecule has 0 fully saturated rings. The molecule has 3 rings (SSSR count). The summed E-state index contributed by atoms with van der Waals surface area (Å²) < 4.78 is 33.1. The molecule has 0 aliphatic carbocycles. The van der Waals surface area contributed by atoms with Crippen LogP contribution < -0.4 is 4.74 Å². The Morgan fingerprint density at radius 3 is 2.42 bits per heavy atom. The van der Waals surface area contributed by atoms with Crippen molar-refractivity contribution in [1.29, 1.82) is 0 Å². The molecule has 0 bridgehead atoms. The molecule has 0 amide bonds. The Morgan fingerprint density at radius 2 is 1.75 bits per heavy atom. The molecule has 0 N–H and O–H groups in total. The highest BCUT2D eigenvalue weighted by atomic mass is 32.2. The van der Waals surface area contributed by atoms with Gasteiger partial charge in [-0.1, -0.05) is 30.3 Å². The number of ether oxygens (including phenoxy) is 1. The van der Waals surface area contributed by atoms with Crippen molar-refractivity contribution in [2.24, 2.45) is 4.99 Å². The Hall–Kier alpha value is -2.34. The van der Waals surface area contributed by atoms with Crippen molar-refractivity contribution in [2.75, 3.05) is 20.2 Å². The second-order valence-corrected chi connectivity index (χ2v) is 7.57. The molecule has 0 atom stereocenters. The van der Waals surface area contributed by atoms with Crippen molar-refractivity contribution in [3.63, 3.8) is 0 Å². The zero-order valence-electron chi connectivity index (χ0n) is 14.0. The highest BCUT2D eigenvalue weighted by Crippen LogP contribution is 2.31. The summed E-state index contributed by atoms with van der Waals surface area (Å²) in [7, 11) is -2.26. The number of hydrogen-bond donors (Lipinski definition) is 0. The average molecular weight is 344 g/mol. The first kappa shape index (κ1) is 16.5. The van der Waals surface area contributed by atoms with Crippen molar-refractivity contribution in [2.45, 2.75) is 18.7 Å². The van der Waals surface area contributed by atoms with E-state index in [1.807, 2.05) is 44.2 Å². The largest absolute Gasteiger partial charge is 0.495 e. The summed E-state index contributed by atoms with van der Waals surface area (Å²) in [6.07, 6.45) is 0. The first-order valence-corrected chi connectivity index (χ1v) is 9.17. The van der Waals surface area contributed by atoms with Gasteiger partial charge < -0.3 is 4.74 Å². The lowest BCUT2D eigenvalue weighted by molar-refractivity contribution is 0.400. The smallest absolute Gasteiger partial charge is 0.269 e. The monoisotopic (exact) mass is 344 g/mol. The number of methoxy groups -OCH3 is 1. The molecule has 0 saturated carbocycles. The van der Waals surface area contributed by atoms with Gasteiger partial charge in [-0.2, -0.15) is 0 Å². The molecule has 0 radical (unpaired) electrons. The van der Waals surface area contributed by atoms with Crippen LogP contribution in [0.3, 0.4) is 0 Å². The van der Waals surface area contributed by atoms with Gasteiger partial charge in [-0.15, -0.1) is 0 Å². The predicted molar refractivity (Wildman–Crippen MR) is 94.2 cm³/mol.